The molecule has 2 N–H and O–H groups in total. The van der Waals surface area contributed by atoms with Crippen LogP contribution in [0, 0.1) is 0 Å². The number of nitrogens with one attached hydrogen (secondary N) is 2. The molecule has 0 saturated heterocycles. The zero-order valence-electron chi connectivity index (χ0n) is 13.6. The molecule has 1 amide bonds. The summed E-state index contributed by atoms with van der Waals surface area (Å²) in [5, 5.41) is 6.58. The van der Waals surface area contributed by atoms with E-state index in [0.29, 0.717) is 22.0 Å². The van der Waals surface area contributed by atoms with Gasteiger partial charge < -0.3 is 15.4 Å². The van der Waals surface area contributed by atoms with Gasteiger partial charge >= 0.3 is 0 Å². The lowest BCUT2D eigenvalue weighted by atomic mass is 10.1. The Kier molecular flexibility index (Phi) is 5.11. The zero-order chi connectivity index (χ0) is 17.0. The number of nitrogens with zero attached hydrogens (tertiary/aromatic N) is 1. The van der Waals surface area contributed by atoms with Crippen LogP contribution >= 0.6 is 11.6 Å². The highest BCUT2D eigenvalue weighted by Gasteiger charge is 2.15. The smallest absolute Gasteiger partial charge is 0.253 e. The summed E-state index contributed by atoms with van der Waals surface area (Å²) in [6, 6.07) is 7.11. The number of halogens is 1. The number of carbonyl (C=O) groups excluding carboxylic acids is 1. The van der Waals surface area contributed by atoms with Crippen molar-refractivity contribution in [3.05, 3.63) is 47.2 Å². The highest BCUT2D eigenvalue weighted by atomic mass is 35.5. The molecule has 0 atom stereocenters. The lowest BCUT2D eigenvalue weighted by Crippen LogP contribution is -2.40. The molecule has 0 aliphatic carbocycles. The Morgan fingerprint density at radius 2 is 1.91 bits per heavy atom. The van der Waals surface area contributed by atoms with Crippen molar-refractivity contribution in [2.24, 2.45) is 0 Å². The summed E-state index contributed by atoms with van der Waals surface area (Å²) in [6.07, 6.45) is 3.18. The van der Waals surface area contributed by atoms with Crippen LogP contribution in [0.5, 0.6) is 5.75 Å². The summed E-state index contributed by atoms with van der Waals surface area (Å²) >= 11 is 6.11. The number of rotatable bonds is 4. The van der Waals surface area contributed by atoms with Crippen LogP contribution in [0.1, 0.15) is 31.1 Å². The van der Waals surface area contributed by atoms with Crippen LogP contribution in [0.25, 0.3) is 0 Å². The Morgan fingerprint density at radius 1 is 1.17 bits per heavy atom. The average molecular weight is 334 g/mol. The van der Waals surface area contributed by atoms with E-state index in [0.717, 1.165) is 5.69 Å². The third-order valence-corrected chi connectivity index (χ3v) is 3.22. The maximum atomic E-state index is 12.2. The number of benzene rings is 1. The molecule has 0 unspecified atom stereocenters. The van der Waals surface area contributed by atoms with Crippen molar-refractivity contribution in [2.45, 2.75) is 26.3 Å². The van der Waals surface area contributed by atoms with Crippen LogP contribution in [0.3, 0.4) is 0 Å². The minimum Gasteiger partial charge on any atom is -0.495 e. The van der Waals surface area contributed by atoms with E-state index in [2.05, 4.69) is 15.6 Å². The number of aromatic nitrogens is 1. The standard InChI is InChI=1S/C17H20ClN3O2/c1-17(2,3)21-16(22)11-7-13(10-19-9-11)20-12-5-6-15(23-4)14(18)8-12/h5-10,20H,1-4H3,(H,21,22). The molecule has 5 nitrogen and oxygen atoms in total. The minimum atomic E-state index is -0.302. The number of hydrogen-bond donors (Lipinski definition) is 2. The van der Waals surface area contributed by atoms with E-state index < -0.39 is 0 Å². The Balaban J connectivity index is 2.17. The maximum absolute atomic E-state index is 12.2. The summed E-state index contributed by atoms with van der Waals surface area (Å²) in [5.41, 5.74) is 1.67. The van der Waals surface area contributed by atoms with Gasteiger partial charge in [0.2, 0.25) is 0 Å². The van der Waals surface area contributed by atoms with Gasteiger partial charge in [0.1, 0.15) is 5.75 Å². The molecule has 1 aromatic heterocycles. The zero-order valence-corrected chi connectivity index (χ0v) is 14.4. The van der Waals surface area contributed by atoms with E-state index in [-0.39, 0.29) is 11.4 Å². The van der Waals surface area contributed by atoms with Gasteiger partial charge in [-0.05, 0) is 45.0 Å². The SMILES string of the molecule is COc1ccc(Nc2cncc(C(=O)NC(C)(C)C)c2)cc1Cl. The van der Waals surface area contributed by atoms with Crippen LogP contribution in [0.15, 0.2) is 36.7 Å². The predicted octanol–water partition coefficient (Wildman–Crippen LogP) is 4.02. The Morgan fingerprint density at radius 3 is 2.52 bits per heavy atom. The number of anilines is 2. The number of ether oxygens (including phenoxy) is 1. The van der Waals surface area contributed by atoms with Gasteiger partial charge in [0.05, 0.1) is 29.6 Å². The van der Waals surface area contributed by atoms with E-state index in [1.807, 2.05) is 26.8 Å². The number of hydrogen-bond acceptors (Lipinski definition) is 4. The molecule has 0 fully saturated rings. The summed E-state index contributed by atoms with van der Waals surface area (Å²) in [4.78, 5) is 16.3. The largest absolute Gasteiger partial charge is 0.495 e. The van der Waals surface area contributed by atoms with Gasteiger partial charge in [-0.3, -0.25) is 9.78 Å². The lowest BCUT2D eigenvalue weighted by Gasteiger charge is -2.20. The van der Waals surface area contributed by atoms with Crippen molar-refractivity contribution in [3.63, 3.8) is 0 Å². The molecule has 122 valence electrons. The second-order valence-corrected chi connectivity index (χ2v) is 6.55. The first kappa shape index (κ1) is 17.1. The van der Waals surface area contributed by atoms with Crippen LogP contribution < -0.4 is 15.4 Å². The van der Waals surface area contributed by atoms with Gasteiger partial charge in [-0.2, -0.15) is 0 Å². The molecule has 0 radical (unpaired) electrons. The number of pyridine rings is 1. The molecule has 1 aromatic carbocycles. The van der Waals surface area contributed by atoms with Crippen LogP contribution in [0.4, 0.5) is 11.4 Å². The van der Waals surface area contributed by atoms with Crippen molar-refractivity contribution in [3.8, 4) is 5.75 Å². The van der Waals surface area contributed by atoms with E-state index in [4.69, 9.17) is 16.3 Å². The topological polar surface area (TPSA) is 63.2 Å². The molecule has 2 aromatic rings. The Hall–Kier alpha value is -2.27. The fourth-order valence-corrected chi connectivity index (χ4v) is 2.21. The molecule has 6 heteroatoms. The molecule has 0 aliphatic rings. The third kappa shape index (κ3) is 4.86. The van der Waals surface area contributed by atoms with Crippen molar-refractivity contribution in [2.75, 3.05) is 12.4 Å². The van der Waals surface area contributed by atoms with E-state index in [1.54, 1.807) is 31.5 Å². The predicted molar refractivity (Wildman–Crippen MR) is 92.7 cm³/mol. The van der Waals surface area contributed by atoms with Gasteiger partial charge in [0.25, 0.3) is 5.91 Å². The van der Waals surface area contributed by atoms with Gasteiger partial charge in [-0.25, -0.2) is 0 Å². The summed E-state index contributed by atoms with van der Waals surface area (Å²) in [7, 11) is 1.57. The van der Waals surface area contributed by atoms with Crippen LogP contribution in [-0.4, -0.2) is 23.5 Å². The fourth-order valence-electron chi connectivity index (χ4n) is 1.96. The Bertz CT molecular complexity index is 711. The number of methoxy groups -OCH3 is 1. The van der Waals surface area contributed by atoms with Crippen molar-refractivity contribution in [1.29, 1.82) is 0 Å². The second kappa shape index (κ2) is 6.87. The van der Waals surface area contributed by atoms with E-state index in [1.165, 1.54) is 6.20 Å². The molecular formula is C17H20ClN3O2. The molecular weight excluding hydrogens is 314 g/mol. The first-order valence-corrected chi connectivity index (χ1v) is 7.54. The van der Waals surface area contributed by atoms with Crippen molar-refractivity contribution < 1.29 is 9.53 Å². The highest BCUT2D eigenvalue weighted by molar-refractivity contribution is 6.32. The van der Waals surface area contributed by atoms with Gasteiger partial charge in [-0.1, -0.05) is 11.6 Å². The highest BCUT2D eigenvalue weighted by Crippen LogP contribution is 2.28. The normalized spacial score (nSPS) is 11.0. The molecule has 1 heterocycles. The average Bonchev–Trinajstić information content (AvgIpc) is 2.46. The quantitative estimate of drug-likeness (QED) is 0.887. The third-order valence-electron chi connectivity index (χ3n) is 2.93. The van der Waals surface area contributed by atoms with Gasteiger partial charge in [0, 0.05) is 17.4 Å². The summed E-state index contributed by atoms with van der Waals surface area (Å²) in [5.74, 6) is 0.440. The van der Waals surface area contributed by atoms with Crippen molar-refractivity contribution >= 4 is 28.9 Å². The fraction of sp³-hybridized carbons (Fsp3) is 0.294. The summed E-state index contributed by atoms with van der Waals surface area (Å²) in [6.45, 7) is 5.79. The molecule has 0 saturated carbocycles. The van der Waals surface area contributed by atoms with E-state index in [9.17, 15) is 4.79 Å². The van der Waals surface area contributed by atoms with Crippen molar-refractivity contribution in [1.82, 2.24) is 10.3 Å². The van der Waals surface area contributed by atoms with Gasteiger partial charge in [0.15, 0.2) is 0 Å². The van der Waals surface area contributed by atoms with E-state index >= 15 is 0 Å². The lowest BCUT2D eigenvalue weighted by molar-refractivity contribution is 0.0919. The second-order valence-electron chi connectivity index (χ2n) is 6.14. The number of amides is 1. The molecule has 0 bridgehead atoms. The molecule has 0 spiro atoms. The first-order valence-electron chi connectivity index (χ1n) is 7.16. The van der Waals surface area contributed by atoms with Crippen LogP contribution in [-0.2, 0) is 0 Å². The summed E-state index contributed by atoms with van der Waals surface area (Å²) < 4.78 is 5.12. The Labute approximate surface area is 141 Å². The van der Waals surface area contributed by atoms with Gasteiger partial charge in [-0.15, -0.1) is 0 Å². The monoisotopic (exact) mass is 333 g/mol. The first-order chi connectivity index (χ1) is 10.8. The molecule has 0 aliphatic heterocycles. The molecule has 2 rings (SSSR count). The maximum Gasteiger partial charge on any atom is 0.253 e. The number of carbonyl (C=O) groups is 1. The van der Waals surface area contributed by atoms with Crippen LogP contribution in [0.2, 0.25) is 5.02 Å². The molecule has 23 heavy (non-hydrogen) atoms. The minimum absolute atomic E-state index is 0.165.